The number of fused-ring (bicyclic) bond motifs is 2. The van der Waals surface area contributed by atoms with Gasteiger partial charge in [0, 0.05) is 0 Å². The first-order chi connectivity index (χ1) is 23.9. The van der Waals surface area contributed by atoms with Gasteiger partial charge in [0.15, 0.2) is 0 Å². The molecule has 0 aromatic rings. The van der Waals surface area contributed by atoms with Crippen LogP contribution in [0.2, 0.25) is 24.2 Å². The third-order valence-corrected chi connectivity index (χ3v) is 21.0. The first kappa shape index (κ1) is 34.2. The van der Waals surface area contributed by atoms with Gasteiger partial charge in [0.2, 0.25) is 0 Å². The predicted octanol–water partition coefficient (Wildman–Crippen LogP) is 14.2. The van der Waals surface area contributed by atoms with Gasteiger partial charge in [-0.25, -0.2) is 0 Å². The molecule has 49 heavy (non-hydrogen) atoms. The smallest absolute Gasteiger partial charge is 0.0553 e. The average Bonchev–Trinajstić information content (AvgIpc) is 3.68. The van der Waals surface area contributed by atoms with Gasteiger partial charge in [-0.2, -0.15) is 0 Å². The Morgan fingerprint density at radius 3 is 1.35 bits per heavy atom. The summed E-state index contributed by atoms with van der Waals surface area (Å²) in [7, 11) is -1.75. The number of rotatable bonds is 8. The van der Waals surface area contributed by atoms with E-state index in [-0.39, 0.29) is 0 Å². The normalized spacial score (nSPS) is 37.1. The fourth-order valence-electron chi connectivity index (χ4n) is 13.7. The molecule has 4 saturated carbocycles. The third kappa shape index (κ3) is 6.90. The summed E-state index contributed by atoms with van der Waals surface area (Å²) in [6, 6.07) is 0. The SMILES string of the molecule is CC1=CC=C(C2=CC=CC3C([Si](C)(C)C4C(CC5CCCCC5)C[C@@H]5C(C6=CC=C(C)CC6)=CC=CC45)C(CC4CCCCC4)C[C@H]23)CC1. The lowest BCUT2D eigenvalue weighted by molar-refractivity contribution is 0.275. The molecule has 0 nitrogen and oxygen atoms in total. The van der Waals surface area contributed by atoms with E-state index in [0.717, 1.165) is 58.4 Å². The van der Waals surface area contributed by atoms with Crippen LogP contribution in [0.5, 0.6) is 0 Å². The van der Waals surface area contributed by atoms with Crippen molar-refractivity contribution in [2.45, 2.75) is 154 Å². The summed E-state index contributed by atoms with van der Waals surface area (Å²) >= 11 is 0. The van der Waals surface area contributed by atoms with Crippen molar-refractivity contribution < 1.29 is 0 Å². The van der Waals surface area contributed by atoms with Gasteiger partial charge in [-0.1, -0.05) is 149 Å². The summed E-state index contributed by atoms with van der Waals surface area (Å²) in [5.41, 5.74) is 11.8. The van der Waals surface area contributed by atoms with Crippen molar-refractivity contribution in [3.05, 3.63) is 94.2 Å². The Morgan fingerprint density at radius 2 is 0.959 bits per heavy atom. The van der Waals surface area contributed by atoms with E-state index in [2.05, 4.69) is 87.7 Å². The van der Waals surface area contributed by atoms with Crippen molar-refractivity contribution in [3.8, 4) is 0 Å². The van der Waals surface area contributed by atoms with Crippen LogP contribution in [0.25, 0.3) is 0 Å². The molecule has 0 radical (unpaired) electrons. The maximum Gasteiger partial charge on any atom is 0.0553 e. The number of hydrogen-bond acceptors (Lipinski definition) is 0. The Labute approximate surface area is 302 Å². The molecule has 0 spiro atoms. The van der Waals surface area contributed by atoms with Crippen LogP contribution in [0, 0.1) is 47.3 Å². The molecule has 8 rings (SSSR count). The second kappa shape index (κ2) is 14.6. The fraction of sp³-hybridized carbons (Fsp3) is 0.667. The Balaban J connectivity index is 1.15. The fourth-order valence-corrected chi connectivity index (χ4v) is 19.7. The summed E-state index contributed by atoms with van der Waals surface area (Å²) in [6.07, 6.45) is 51.6. The highest BCUT2D eigenvalue weighted by molar-refractivity contribution is 6.80. The molecule has 0 saturated heterocycles. The quantitative estimate of drug-likeness (QED) is 0.225. The molecule has 0 N–H and O–H groups in total. The van der Waals surface area contributed by atoms with E-state index < -0.39 is 8.07 Å². The van der Waals surface area contributed by atoms with Crippen molar-refractivity contribution >= 4 is 8.07 Å². The van der Waals surface area contributed by atoms with Crippen molar-refractivity contribution in [2.24, 2.45) is 47.3 Å². The topological polar surface area (TPSA) is 0 Å². The highest BCUT2D eigenvalue weighted by Gasteiger charge is 2.59. The summed E-state index contributed by atoms with van der Waals surface area (Å²) in [5, 5.41) is 0. The molecular formula is C48H68Si. The third-order valence-electron chi connectivity index (χ3n) is 15.8. The highest BCUT2D eigenvalue weighted by Crippen LogP contribution is 2.66. The lowest BCUT2D eigenvalue weighted by atomic mass is 9.78. The zero-order chi connectivity index (χ0) is 33.5. The molecule has 0 aromatic carbocycles. The number of hydrogen-bond donors (Lipinski definition) is 0. The maximum atomic E-state index is 2.96. The highest BCUT2D eigenvalue weighted by atomic mass is 28.3. The van der Waals surface area contributed by atoms with Gasteiger partial charge in [0.1, 0.15) is 0 Å². The van der Waals surface area contributed by atoms with Gasteiger partial charge in [-0.3, -0.25) is 0 Å². The van der Waals surface area contributed by atoms with E-state index in [4.69, 9.17) is 0 Å². The lowest BCUT2D eigenvalue weighted by Gasteiger charge is -2.48. The van der Waals surface area contributed by atoms with Crippen LogP contribution < -0.4 is 0 Å². The molecule has 6 unspecified atom stereocenters. The first-order valence-electron chi connectivity index (χ1n) is 21.4. The zero-order valence-electron chi connectivity index (χ0n) is 31.8. The van der Waals surface area contributed by atoms with E-state index in [9.17, 15) is 0 Å². The van der Waals surface area contributed by atoms with Gasteiger partial charge in [-0.05, 0) is 146 Å². The summed E-state index contributed by atoms with van der Waals surface area (Å²) in [5.74, 6) is 6.82. The van der Waals surface area contributed by atoms with E-state index in [1.54, 1.807) is 33.4 Å². The Hall–Kier alpha value is -1.86. The Morgan fingerprint density at radius 1 is 0.531 bits per heavy atom. The van der Waals surface area contributed by atoms with Crippen LogP contribution in [0.4, 0.5) is 0 Å². The van der Waals surface area contributed by atoms with Gasteiger partial charge in [0.05, 0.1) is 8.07 Å². The minimum Gasteiger partial charge on any atom is -0.0808 e. The molecule has 8 atom stereocenters. The Bertz CT molecular complexity index is 1360. The van der Waals surface area contributed by atoms with E-state index >= 15 is 0 Å². The Kier molecular flexibility index (Phi) is 10.2. The maximum absolute atomic E-state index is 2.96. The van der Waals surface area contributed by atoms with Crippen molar-refractivity contribution in [1.82, 2.24) is 0 Å². The largest absolute Gasteiger partial charge is 0.0808 e. The van der Waals surface area contributed by atoms with Crippen molar-refractivity contribution in [3.63, 3.8) is 0 Å². The molecule has 0 heterocycles. The average molecular weight is 673 g/mol. The van der Waals surface area contributed by atoms with E-state index in [0.29, 0.717) is 0 Å². The van der Waals surface area contributed by atoms with Crippen LogP contribution >= 0.6 is 0 Å². The number of allylic oxidation sites excluding steroid dienone is 16. The molecule has 1 heteroatoms. The van der Waals surface area contributed by atoms with Gasteiger partial charge < -0.3 is 0 Å². The molecule has 8 aliphatic rings. The molecule has 0 aromatic heterocycles. The van der Waals surface area contributed by atoms with Crippen LogP contribution in [0.15, 0.2) is 94.2 Å². The molecule has 8 aliphatic carbocycles. The second-order valence-corrected chi connectivity index (χ2v) is 24.1. The van der Waals surface area contributed by atoms with Crippen LogP contribution in [-0.4, -0.2) is 8.07 Å². The molecule has 0 bridgehead atoms. The second-order valence-electron chi connectivity index (χ2n) is 19.1. The van der Waals surface area contributed by atoms with E-state index in [1.807, 2.05) is 0 Å². The van der Waals surface area contributed by atoms with Gasteiger partial charge in [-0.15, -0.1) is 0 Å². The molecular weight excluding hydrogens is 605 g/mol. The standard InChI is InChI=1S/C48H68Si/c1-33-21-25-37(26-22-33)41-17-11-19-43-45(41)31-39(29-35-13-7-5-8-14-35)47(43)49(3,4)48-40(30-36-15-9-6-10-16-36)32-46-42(18-12-20-44(46)48)38-27-23-34(2)24-28-38/h11-12,17-21,23,25,27,35-36,39-40,43-48H,5-10,13-16,22,24,26,28-32H2,1-4H3/t39?,40?,43?,44?,45-,46-,47?,48?/m1/s1. The van der Waals surface area contributed by atoms with Crippen LogP contribution in [0.3, 0.4) is 0 Å². The lowest BCUT2D eigenvalue weighted by Crippen LogP contribution is -2.47. The summed E-state index contributed by atoms with van der Waals surface area (Å²) in [4.78, 5) is 0. The summed E-state index contributed by atoms with van der Waals surface area (Å²) < 4.78 is 0. The minimum atomic E-state index is -1.75. The molecule has 4 fully saturated rings. The first-order valence-corrected chi connectivity index (χ1v) is 24.5. The zero-order valence-corrected chi connectivity index (χ0v) is 32.8. The van der Waals surface area contributed by atoms with Crippen molar-refractivity contribution in [1.29, 1.82) is 0 Å². The van der Waals surface area contributed by atoms with E-state index in [1.165, 1.54) is 116 Å². The summed E-state index contributed by atoms with van der Waals surface area (Å²) in [6.45, 7) is 10.6. The van der Waals surface area contributed by atoms with Crippen LogP contribution in [0.1, 0.15) is 129 Å². The van der Waals surface area contributed by atoms with Crippen LogP contribution in [-0.2, 0) is 0 Å². The molecule has 264 valence electrons. The van der Waals surface area contributed by atoms with Crippen molar-refractivity contribution in [2.75, 3.05) is 0 Å². The van der Waals surface area contributed by atoms with Gasteiger partial charge in [0.25, 0.3) is 0 Å². The predicted molar refractivity (Wildman–Crippen MR) is 214 cm³/mol. The van der Waals surface area contributed by atoms with Gasteiger partial charge >= 0.3 is 0 Å². The molecule has 0 aliphatic heterocycles. The molecule has 0 amide bonds. The monoisotopic (exact) mass is 673 g/mol. The minimum absolute atomic E-state index is 0.752.